The van der Waals surface area contributed by atoms with E-state index in [0.717, 1.165) is 65.4 Å². The first-order valence-electron chi connectivity index (χ1n) is 23.0. The summed E-state index contributed by atoms with van der Waals surface area (Å²) in [5, 5.41) is 43.1. The van der Waals surface area contributed by atoms with E-state index in [1.165, 1.54) is 0 Å². The monoisotopic (exact) mass is 968 g/mol. The summed E-state index contributed by atoms with van der Waals surface area (Å²) in [6.07, 6.45) is -3.50. The molecule has 23 heteroatoms. The van der Waals surface area contributed by atoms with Crippen molar-refractivity contribution in [3.8, 4) is 0 Å². The number of alkyl halides is 5. The molecule has 0 rings (SSSR count). The van der Waals surface area contributed by atoms with Crippen molar-refractivity contribution in [2.45, 2.75) is 168 Å². The molecule has 65 heavy (non-hydrogen) atoms. The predicted molar refractivity (Wildman–Crippen MR) is 233 cm³/mol. The lowest BCUT2D eigenvalue weighted by Gasteiger charge is -2.35. The van der Waals surface area contributed by atoms with Crippen LogP contribution in [0.2, 0.25) is 0 Å². The van der Waals surface area contributed by atoms with E-state index >= 15 is 0 Å². The molecule has 17 nitrogen and oxygen atoms in total. The second-order valence-electron chi connectivity index (χ2n) is 15.1. The van der Waals surface area contributed by atoms with E-state index in [9.17, 15) is 22.0 Å². The maximum atomic E-state index is 12.8. The van der Waals surface area contributed by atoms with Crippen LogP contribution in [0.15, 0.2) is 0 Å². The lowest BCUT2D eigenvalue weighted by molar-refractivity contribution is -1.10. The third kappa shape index (κ3) is 49.9. The molecule has 0 N–H and O–H groups in total. The van der Waals surface area contributed by atoms with E-state index < -0.39 is 51.0 Å². The summed E-state index contributed by atoms with van der Waals surface area (Å²) < 4.78 is 65.6. The number of hydroxylamine groups is 15. The number of aliphatic carboxylic acids is 2. The third-order valence-corrected chi connectivity index (χ3v) is 10.3. The van der Waals surface area contributed by atoms with Crippen molar-refractivity contribution in [3.05, 3.63) is 0 Å². The fraction of sp³-hybridized carbons (Fsp3) is 0.952. The van der Waals surface area contributed by atoms with Crippen molar-refractivity contribution in [1.29, 1.82) is 0 Å². The molecule has 0 aromatic carbocycles. The highest BCUT2D eigenvalue weighted by atomic mass is 19.2. The van der Waals surface area contributed by atoms with Crippen LogP contribution in [0.25, 0.3) is 0 Å². The molecule has 398 valence electrons. The average molecular weight is 968 g/mol. The van der Waals surface area contributed by atoms with Crippen LogP contribution < -0.4 is 25.3 Å². The number of quaternary nitrogens is 5. The maximum Gasteiger partial charge on any atom is 0.254 e. The molecule has 0 saturated carbocycles. The van der Waals surface area contributed by atoms with E-state index in [0.29, 0.717) is 55.3 Å². The number of carboxylic acids is 2. The minimum absolute atomic E-state index is 0.356. The highest BCUT2D eigenvalue weighted by Crippen LogP contribution is 2.13. The first-order chi connectivity index (χ1) is 29.8. The fourth-order valence-corrected chi connectivity index (χ4v) is 3.62. The largest absolute Gasteiger partial charge is 0.907 e. The summed E-state index contributed by atoms with van der Waals surface area (Å²) in [6, 6.07) is 0. The van der Waals surface area contributed by atoms with Crippen LogP contribution in [0.5, 0.6) is 0 Å². The van der Waals surface area contributed by atoms with E-state index in [1.54, 1.807) is 34.6 Å². The molecule has 5 atom stereocenters. The van der Waals surface area contributed by atoms with Crippen molar-refractivity contribution < 1.29 is 104 Å². The van der Waals surface area contributed by atoms with Crippen molar-refractivity contribution >= 4 is 19.3 Å². The van der Waals surface area contributed by atoms with Gasteiger partial charge in [0.15, 0.2) is 0 Å². The zero-order chi connectivity index (χ0) is 53.3. The van der Waals surface area contributed by atoms with E-state index in [2.05, 4.69) is 0 Å². The molecule has 0 aliphatic rings. The van der Waals surface area contributed by atoms with Crippen molar-refractivity contribution in [2.75, 3.05) is 101 Å². The van der Waals surface area contributed by atoms with Gasteiger partial charge < -0.3 is 34.9 Å². The predicted octanol–water partition coefficient (Wildman–Crippen LogP) is 3.09. The van der Waals surface area contributed by atoms with Crippen molar-refractivity contribution in [1.82, 2.24) is 0 Å². The average Bonchev–Trinajstić information content (AvgIpc) is 3.29. The number of rotatable bonds is 25. The van der Waals surface area contributed by atoms with E-state index in [1.807, 2.05) is 104 Å². The number of halogens is 5. The number of carbonyl (C=O) groups excluding carboxylic acids is 2. The van der Waals surface area contributed by atoms with E-state index in [-0.39, 0.29) is 0 Å². The molecule has 0 fully saturated rings. The zero-order valence-electron chi connectivity index (χ0n) is 44.1. The number of carbonyl (C=O) groups is 2. The molecule has 0 bridgehead atoms. The second-order valence-corrected chi connectivity index (χ2v) is 15.1. The van der Waals surface area contributed by atoms with Gasteiger partial charge in [0.05, 0.1) is 47.2 Å². The number of hydrogen-bond acceptors (Lipinski definition) is 12. The van der Waals surface area contributed by atoms with Crippen LogP contribution in [0.4, 0.5) is 22.0 Å². The van der Waals surface area contributed by atoms with Crippen LogP contribution in [0.1, 0.15) is 136 Å². The van der Waals surface area contributed by atoms with E-state index in [4.69, 9.17) is 59.1 Å². The summed E-state index contributed by atoms with van der Waals surface area (Å²) in [5.74, 6) is -4.37. The molecule has 0 aromatic rings. The zero-order valence-corrected chi connectivity index (χ0v) is 44.1. The van der Waals surface area contributed by atoms with Gasteiger partial charge in [0.1, 0.15) is 65.4 Å². The normalized spacial score (nSPS) is 13.8. The molecule has 0 aliphatic heterocycles. The maximum absolute atomic E-state index is 12.8. The van der Waals surface area contributed by atoms with Crippen molar-refractivity contribution in [3.63, 3.8) is 0 Å². The third-order valence-electron chi connectivity index (χ3n) is 10.3. The molecular weight excluding hydrogens is 872 g/mol. The smallest absolute Gasteiger partial charge is 0.254 e. The first-order valence-corrected chi connectivity index (χ1v) is 23.0. The van der Waals surface area contributed by atoms with Gasteiger partial charge in [-0.05, 0) is 69.2 Å². The van der Waals surface area contributed by atoms with Crippen LogP contribution >= 0.6 is 0 Å². The fourth-order valence-electron chi connectivity index (χ4n) is 3.62. The highest BCUT2D eigenvalue weighted by Gasteiger charge is 2.26. The Morgan fingerprint density at radius 2 is 0.446 bits per heavy atom. The summed E-state index contributed by atoms with van der Waals surface area (Å²) in [6.45, 7) is 36.8. The molecule has 0 aromatic heterocycles. The molecule has 0 amide bonds. The highest BCUT2D eigenvalue weighted by molar-refractivity contribution is 6.25. The van der Waals surface area contributed by atoms with Crippen molar-refractivity contribution in [2.24, 2.45) is 0 Å². The Bertz CT molecular complexity index is 905. The van der Waals surface area contributed by atoms with Crippen LogP contribution in [-0.2, 0) is 33.8 Å². The number of nitrogens with zero attached hydrogens (tertiary/aromatic N) is 5. The summed E-state index contributed by atoms with van der Waals surface area (Å²) in [4.78, 5) is 43.6. The van der Waals surface area contributed by atoms with Gasteiger partial charge in [0.25, 0.3) is 31.8 Å². The standard InChI is InChI=1S/5C8H19FNO.C2H2O4.BO3/c5*1-5-8(9)11-10(4,6-2)7-3;3-1(4)2(5)6;2-1(3)4/h5*8H,5-7H2,1-4H3;(H,3,4)(H,5,6);/q5*+1;;-3/p-2. The lowest BCUT2D eigenvalue weighted by atomic mass is 10.3. The Balaban J connectivity index is -0.000000123. The SMILES string of the molecule is CCC(F)O[N+](C)(CC)CC.CCC(F)O[N+](C)(CC)CC.CCC(F)O[N+](C)(CC)CC.CCC(F)O[N+](C)(CC)CC.CCC(F)O[N+](C)(CC)CC.O=C([O-])C(=O)[O-].[O-]B([O-])[O-]. The minimum Gasteiger partial charge on any atom is -0.907 e. The van der Waals surface area contributed by atoms with Gasteiger partial charge in [-0.3, -0.25) is 7.32 Å². The van der Waals surface area contributed by atoms with Gasteiger partial charge in [0.2, 0.25) is 0 Å². The Hall–Kier alpha value is -1.87. The molecule has 0 saturated heterocycles. The molecule has 0 heterocycles. The van der Waals surface area contributed by atoms with Crippen LogP contribution in [-0.4, -0.2) is 175 Å². The Kier molecular flexibility index (Phi) is 53.1. The Labute approximate surface area is 391 Å². The second kappa shape index (κ2) is 44.6. The molecule has 0 aliphatic carbocycles. The van der Waals surface area contributed by atoms with Gasteiger partial charge in [0, 0.05) is 32.1 Å². The topological polar surface area (TPSA) is 196 Å². The molecule has 0 radical (unpaired) electrons. The van der Waals surface area contributed by atoms with Gasteiger partial charge in [-0.15, -0.1) is 0 Å². The minimum atomic E-state index is -2.92. The molecule has 5 unspecified atom stereocenters. The molecule has 0 spiro atoms. The first kappa shape index (κ1) is 77.4. The van der Waals surface area contributed by atoms with Crippen LogP contribution in [0, 0.1) is 0 Å². The summed E-state index contributed by atoms with van der Waals surface area (Å²) in [5.41, 5.74) is 0. The lowest BCUT2D eigenvalue weighted by Crippen LogP contribution is -2.56. The number of carboxylic acid groups (broad SMARTS) is 2. The summed E-state index contributed by atoms with van der Waals surface area (Å²) >= 11 is 0. The van der Waals surface area contributed by atoms with Crippen LogP contribution in [0.3, 0.4) is 0 Å². The van der Waals surface area contributed by atoms with Gasteiger partial charge in [-0.2, -0.15) is 47.4 Å². The Morgan fingerprint density at radius 3 is 0.492 bits per heavy atom. The quantitative estimate of drug-likeness (QED) is 0.0428. The summed E-state index contributed by atoms with van der Waals surface area (Å²) in [7, 11) is 6.54. The van der Waals surface area contributed by atoms with Gasteiger partial charge in [-0.1, -0.05) is 34.6 Å². The van der Waals surface area contributed by atoms with Gasteiger partial charge >= 0.3 is 0 Å². The number of hydrogen-bond donors (Lipinski definition) is 0. The Morgan fingerprint density at radius 1 is 0.354 bits per heavy atom. The van der Waals surface area contributed by atoms with Gasteiger partial charge in [-0.25, -0.2) is 22.0 Å². The molecular formula is C42H95BF5N5O12.